The molecule has 120 valence electrons. The maximum Gasteiger partial charge on any atom is 0.277 e. The Morgan fingerprint density at radius 2 is 1.88 bits per heavy atom. The highest BCUT2D eigenvalue weighted by Crippen LogP contribution is 2.21. The lowest BCUT2D eigenvalue weighted by atomic mass is 9.98. The normalized spacial score (nSPS) is 11.4. The molecule has 4 rings (SSSR count). The third-order valence-corrected chi connectivity index (χ3v) is 4.42. The molecule has 2 aromatic carbocycles. The molecule has 0 bridgehead atoms. The van der Waals surface area contributed by atoms with E-state index >= 15 is 0 Å². The van der Waals surface area contributed by atoms with Gasteiger partial charge in [-0.2, -0.15) is 9.50 Å². The smallest absolute Gasteiger partial charge is 0.275 e. The molecule has 0 aliphatic carbocycles. The van der Waals surface area contributed by atoms with Crippen molar-refractivity contribution in [1.82, 2.24) is 19.6 Å². The monoisotopic (exact) mass is 318 g/mol. The fourth-order valence-corrected chi connectivity index (χ4v) is 3.10. The number of aromatic amines is 1. The van der Waals surface area contributed by atoms with Crippen molar-refractivity contribution in [3.05, 3.63) is 75.5 Å². The third-order valence-electron chi connectivity index (χ3n) is 4.42. The lowest BCUT2D eigenvalue weighted by molar-refractivity contribution is 0.831. The predicted octanol–water partition coefficient (Wildman–Crippen LogP) is 3.03. The van der Waals surface area contributed by atoms with Crippen LogP contribution >= 0.6 is 0 Å². The quantitative estimate of drug-likeness (QED) is 0.631. The number of hydrogen-bond acceptors (Lipinski definition) is 3. The number of nitrogens with zero attached hydrogens (tertiary/aromatic N) is 3. The van der Waals surface area contributed by atoms with Gasteiger partial charge in [-0.05, 0) is 23.3 Å². The van der Waals surface area contributed by atoms with E-state index in [1.807, 2.05) is 32.0 Å². The summed E-state index contributed by atoms with van der Waals surface area (Å²) in [4.78, 5) is 21.7. The Bertz CT molecular complexity index is 1100. The van der Waals surface area contributed by atoms with Crippen molar-refractivity contribution < 1.29 is 0 Å². The van der Waals surface area contributed by atoms with Crippen molar-refractivity contribution in [1.29, 1.82) is 0 Å². The van der Waals surface area contributed by atoms with Crippen molar-refractivity contribution >= 4 is 16.6 Å². The predicted molar refractivity (Wildman–Crippen MR) is 94.5 cm³/mol. The van der Waals surface area contributed by atoms with E-state index in [0.29, 0.717) is 17.8 Å². The van der Waals surface area contributed by atoms with Crippen LogP contribution in [-0.2, 0) is 12.8 Å². The molecule has 0 saturated heterocycles. The van der Waals surface area contributed by atoms with E-state index in [2.05, 4.69) is 39.3 Å². The minimum atomic E-state index is -0.0716. The highest BCUT2D eigenvalue weighted by Gasteiger charge is 2.14. The number of fused-ring (bicyclic) bond motifs is 2. The maximum atomic E-state index is 12.9. The summed E-state index contributed by atoms with van der Waals surface area (Å²) < 4.78 is 1.45. The van der Waals surface area contributed by atoms with E-state index in [-0.39, 0.29) is 5.56 Å². The van der Waals surface area contributed by atoms with E-state index in [1.165, 1.54) is 15.3 Å². The summed E-state index contributed by atoms with van der Waals surface area (Å²) in [6.07, 6.45) is 1.29. The molecule has 0 spiro atoms. The molecule has 4 aromatic rings. The number of rotatable bonds is 3. The number of benzene rings is 2. The topological polar surface area (TPSA) is 63.1 Å². The van der Waals surface area contributed by atoms with E-state index in [1.54, 1.807) is 0 Å². The highest BCUT2D eigenvalue weighted by atomic mass is 16.1. The maximum absolute atomic E-state index is 12.9. The lowest BCUT2D eigenvalue weighted by Crippen LogP contribution is -2.22. The zero-order valence-electron chi connectivity index (χ0n) is 13.7. The Labute approximate surface area is 139 Å². The molecule has 0 fully saturated rings. The Kier molecular flexibility index (Phi) is 3.41. The Morgan fingerprint density at radius 1 is 1.08 bits per heavy atom. The fraction of sp³-hybridized carbons (Fsp3) is 0.211. The summed E-state index contributed by atoms with van der Waals surface area (Å²) in [5, 5.41) is 5.38. The second-order valence-electron chi connectivity index (χ2n) is 5.96. The molecule has 1 N–H and O–H groups in total. The van der Waals surface area contributed by atoms with Crippen molar-refractivity contribution in [2.45, 2.75) is 26.7 Å². The summed E-state index contributed by atoms with van der Waals surface area (Å²) in [6, 6.07) is 14.4. The molecule has 0 aliphatic rings. The molecule has 0 saturated carbocycles. The first-order valence-corrected chi connectivity index (χ1v) is 8.11. The van der Waals surface area contributed by atoms with Gasteiger partial charge < -0.3 is 0 Å². The average molecular weight is 318 g/mol. The van der Waals surface area contributed by atoms with E-state index in [4.69, 9.17) is 0 Å². The molecule has 2 aromatic heterocycles. The minimum absolute atomic E-state index is 0.0716. The van der Waals surface area contributed by atoms with Gasteiger partial charge in [-0.1, -0.05) is 49.4 Å². The van der Waals surface area contributed by atoms with Crippen LogP contribution in [0.25, 0.3) is 16.6 Å². The molecule has 2 heterocycles. The zero-order valence-corrected chi connectivity index (χ0v) is 13.7. The van der Waals surface area contributed by atoms with Crippen LogP contribution in [0.3, 0.4) is 0 Å². The standard InChI is InChI=1S/C19H18N4O/c1-3-17-21-19-20-12(2)16(18(24)23(19)22-17)11-14-9-6-8-13-7-4-5-10-15(13)14/h4-10H,3,11H2,1-2H3,(H,20,21,22). The average Bonchev–Trinajstić information content (AvgIpc) is 3.02. The third kappa shape index (κ3) is 2.29. The fourth-order valence-electron chi connectivity index (χ4n) is 3.10. The van der Waals surface area contributed by atoms with Crippen LogP contribution in [0.15, 0.2) is 47.3 Å². The number of nitrogens with one attached hydrogen (secondary N) is 1. The van der Waals surface area contributed by atoms with Gasteiger partial charge in [-0.25, -0.2) is 4.98 Å². The van der Waals surface area contributed by atoms with Gasteiger partial charge in [-0.3, -0.25) is 9.89 Å². The zero-order chi connectivity index (χ0) is 16.7. The van der Waals surface area contributed by atoms with Gasteiger partial charge in [0.1, 0.15) is 5.82 Å². The van der Waals surface area contributed by atoms with Crippen LogP contribution in [0, 0.1) is 6.92 Å². The van der Waals surface area contributed by atoms with Crippen molar-refractivity contribution in [3.8, 4) is 0 Å². The van der Waals surface area contributed by atoms with Crippen LogP contribution in [0.5, 0.6) is 0 Å². The minimum Gasteiger partial charge on any atom is -0.275 e. The first kappa shape index (κ1) is 14.6. The summed E-state index contributed by atoms with van der Waals surface area (Å²) >= 11 is 0. The summed E-state index contributed by atoms with van der Waals surface area (Å²) in [6.45, 7) is 3.87. The largest absolute Gasteiger partial charge is 0.277 e. The molecule has 5 heteroatoms. The molecule has 0 amide bonds. The van der Waals surface area contributed by atoms with Crippen molar-refractivity contribution in [2.75, 3.05) is 0 Å². The number of hydrogen-bond donors (Lipinski definition) is 1. The Morgan fingerprint density at radius 3 is 2.71 bits per heavy atom. The molecule has 0 atom stereocenters. The summed E-state index contributed by atoms with van der Waals surface area (Å²) in [5.74, 6) is 1.21. The number of aromatic nitrogens is 4. The second kappa shape index (κ2) is 5.60. The molecule has 0 aliphatic heterocycles. The second-order valence-corrected chi connectivity index (χ2v) is 5.96. The molecule has 24 heavy (non-hydrogen) atoms. The van der Waals surface area contributed by atoms with Gasteiger partial charge in [0.25, 0.3) is 11.3 Å². The Balaban J connectivity index is 1.88. The van der Waals surface area contributed by atoms with Crippen molar-refractivity contribution in [2.24, 2.45) is 0 Å². The van der Waals surface area contributed by atoms with Gasteiger partial charge in [0.15, 0.2) is 0 Å². The van der Waals surface area contributed by atoms with Crippen LogP contribution in [0.1, 0.15) is 29.6 Å². The van der Waals surface area contributed by atoms with E-state index in [0.717, 1.165) is 23.5 Å². The molecule has 0 unspecified atom stereocenters. The van der Waals surface area contributed by atoms with Gasteiger partial charge in [0, 0.05) is 18.4 Å². The van der Waals surface area contributed by atoms with E-state index < -0.39 is 0 Å². The van der Waals surface area contributed by atoms with E-state index in [9.17, 15) is 4.79 Å². The van der Waals surface area contributed by atoms with Crippen LogP contribution in [0.4, 0.5) is 0 Å². The first-order valence-electron chi connectivity index (χ1n) is 8.11. The summed E-state index contributed by atoms with van der Waals surface area (Å²) in [7, 11) is 0. The van der Waals surface area contributed by atoms with Crippen LogP contribution < -0.4 is 5.56 Å². The number of H-pyrrole nitrogens is 1. The Hall–Kier alpha value is -2.95. The molecule has 0 radical (unpaired) electrons. The summed E-state index contributed by atoms with van der Waals surface area (Å²) in [5.41, 5.74) is 2.50. The lowest BCUT2D eigenvalue weighted by Gasteiger charge is -2.08. The SMILES string of the molecule is CCc1nc2nc(C)c(Cc3cccc4ccccc34)c(=O)n2[nH]1. The first-order chi connectivity index (χ1) is 11.7. The van der Waals surface area contributed by atoms with Gasteiger partial charge in [0.05, 0.1) is 5.69 Å². The van der Waals surface area contributed by atoms with Crippen molar-refractivity contribution in [3.63, 3.8) is 0 Å². The van der Waals surface area contributed by atoms with Crippen LogP contribution in [0.2, 0.25) is 0 Å². The molecular weight excluding hydrogens is 300 g/mol. The van der Waals surface area contributed by atoms with Crippen LogP contribution in [-0.4, -0.2) is 19.6 Å². The van der Waals surface area contributed by atoms with Gasteiger partial charge in [0.2, 0.25) is 0 Å². The molecular formula is C19H18N4O. The highest BCUT2D eigenvalue weighted by molar-refractivity contribution is 5.85. The number of aryl methyl sites for hydroxylation is 2. The van der Waals surface area contributed by atoms with Gasteiger partial charge in [-0.15, -0.1) is 0 Å². The van der Waals surface area contributed by atoms with Gasteiger partial charge >= 0.3 is 0 Å². The molecule has 5 nitrogen and oxygen atoms in total.